The van der Waals surface area contributed by atoms with Crippen molar-refractivity contribution in [2.24, 2.45) is 5.92 Å². The smallest absolute Gasteiger partial charge is 0.306 e. The molecular weight excluding hydrogens is 304 g/mol. The van der Waals surface area contributed by atoms with Crippen LogP contribution in [-0.4, -0.2) is 28.0 Å². The zero-order valence-corrected chi connectivity index (χ0v) is 12.5. The number of carboxylic acid groups (broad SMARTS) is 1. The highest BCUT2D eigenvalue weighted by molar-refractivity contribution is 6.32. The molecule has 5 nitrogen and oxygen atoms in total. The van der Waals surface area contributed by atoms with Crippen molar-refractivity contribution in [3.63, 3.8) is 0 Å². The van der Waals surface area contributed by atoms with Crippen LogP contribution < -0.4 is 5.32 Å². The van der Waals surface area contributed by atoms with Crippen molar-refractivity contribution in [1.82, 2.24) is 10.3 Å². The van der Waals surface area contributed by atoms with Gasteiger partial charge in [-0.1, -0.05) is 17.7 Å². The highest BCUT2D eigenvalue weighted by Crippen LogP contribution is 2.27. The average molecular weight is 319 g/mol. The Morgan fingerprint density at radius 3 is 2.86 bits per heavy atom. The molecule has 1 amide bonds. The number of carboxylic acids is 1. The fourth-order valence-corrected chi connectivity index (χ4v) is 3.16. The maximum atomic E-state index is 12.5. The number of pyridine rings is 1. The van der Waals surface area contributed by atoms with E-state index in [2.05, 4.69) is 10.3 Å². The summed E-state index contributed by atoms with van der Waals surface area (Å²) in [4.78, 5) is 27.7. The van der Waals surface area contributed by atoms with Gasteiger partial charge in [-0.25, -0.2) is 0 Å². The number of halogens is 1. The number of carbonyl (C=O) groups excluding carboxylic acids is 1. The third-order valence-corrected chi connectivity index (χ3v) is 4.25. The lowest BCUT2D eigenvalue weighted by atomic mass is 10.1. The summed E-state index contributed by atoms with van der Waals surface area (Å²) in [6, 6.07) is 6.87. The number of aliphatic carboxylic acids is 1. The van der Waals surface area contributed by atoms with Crippen molar-refractivity contribution >= 4 is 34.4 Å². The Bertz CT molecular complexity index is 747. The summed E-state index contributed by atoms with van der Waals surface area (Å²) in [6.07, 6.45) is 3.36. The van der Waals surface area contributed by atoms with Crippen LogP contribution in [0.4, 0.5) is 0 Å². The van der Waals surface area contributed by atoms with Crippen LogP contribution in [0.5, 0.6) is 0 Å². The van der Waals surface area contributed by atoms with Crippen LogP contribution in [0, 0.1) is 5.92 Å². The largest absolute Gasteiger partial charge is 0.481 e. The second kappa shape index (κ2) is 5.93. The summed E-state index contributed by atoms with van der Waals surface area (Å²) < 4.78 is 0. The van der Waals surface area contributed by atoms with Crippen LogP contribution in [0.25, 0.3) is 10.9 Å². The minimum absolute atomic E-state index is 0.119. The van der Waals surface area contributed by atoms with Gasteiger partial charge in [0.25, 0.3) is 5.91 Å². The zero-order valence-electron chi connectivity index (χ0n) is 11.8. The molecule has 114 valence electrons. The van der Waals surface area contributed by atoms with Crippen molar-refractivity contribution in [2.45, 2.75) is 25.3 Å². The summed E-state index contributed by atoms with van der Waals surface area (Å²) >= 11 is 6.06. The van der Waals surface area contributed by atoms with Crippen molar-refractivity contribution < 1.29 is 14.7 Å². The van der Waals surface area contributed by atoms with E-state index in [1.54, 1.807) is 24.4 Å². The summed E-state index contributed by atoms with van der Waals surface area (Å²) in [5.74, 6) is -1.44. The molecule has 0 aliphatic heterocycles. The molecule has 1 aromatic carbocycles. The fraction of sp³-hybridized carbons (Fsp3) is 0.312. The van der Waals surface area contributed by atoms with Crippen molar-refractivity contribution in [3.05, 3.63) is 41.0 Å². The number of amides is 1. The number of hydrogen-bond acceptors (Lipinski definition) is 3. The highest BCUT2D eigenvalue weighted by Gasteiger charge is 2.31. The molecule has 1 saturated carbocycles. The van der Waals surface area contributed by atoms with E-state index in [9.17, 15) is 9.59 Å². The van der Waals surface area contributed by atoms with E-state index in [0.29, 0.717) is 35.4 Å². The lowest BCUT2D eigenvalue weighted by Crippen LogP contribution is -2.33. The summed E-state index contributed by atoms with van der Waals surface area (Å²) in [5.41, 5.74) is 1.01. The summed E-state index contributed by atoms with van der Waals surface area (Å²) in [6.45, 7) is 0. The number of fused-ring (bicyclic) bond motifs is 1. The van der Waals surface area contributed by atoms with Gasteiger partial charge in [0.15, 0.2) is 0 Å². The molecule has 2 aromatic rings. The van der Waals surface area contributed by atoms with Gasteiger partial charge in [0.05, 0.1) is 17.0 Å². The van der Waals surface area contributed by atoms with E-state index < -0.39 is 5.97 Å². The average Bonchev–Trinajstić information content (AvgIpc) is 2.95. The van der Waals surface area contributed by atoms with Gasteiger partial charge >= 0.3 is 5.97 Å². The second-order valence-corrected chi connectivity index (χ2v) is 5.98. The molecule has 0 radical (unpaired) electrons. The first-order chi connectivity index (χ1) is 10.5. The molecule has 1 aliphatic rings. The molecule has 22 heavy (non-hydrogen) atoms. The number of hydrogen-bond donors (Lipinski definition) is 2. The second-order valence-electron chi connectivity index (χ2n) is 5.55. The molecular formula is C16H15ClN2O3. The standard InChI is InChI=1S/C16H15ClN2O3/c17-11-6-9-2-1-5-18-14(9)13(8-11)15(20)19-12-4-3-10(7-12)16(21)22/h1-2,5-6,8,10,12H,3-4,7H2,(H,19,20)(H,21,22)/t10-,12+/m0/s1. The number of nitrogens with one attached hydrogen (secondary N) is 1. The van der Waals surface area contributed by atoms with Crippen LogP contribution in [0.15, 0.2) is 30.5 Å². The van der Waals surface area contributed by atoms with Crippen LogP contribution in [0.2, 0.25) is 5.02 Å². The number of nitrogens with zero attached hydrogens (tertiary/aromatic N) is 1. The van der Waals surface area contributed by atoms with E-state index in [0.717, 1.165) is 5.39 Å². The highest BCUT2D eigenvalue weighted by atomic mass is 35.5. The molecule has 1 aromatic heterocycles. The Hall–Kier alpha value is -2.14. The van der Waals surface area contributed by atoms with E-state index in [4.69, 9.17) is 16.7 Å². The van der Waals surface area contributed by atoms with Crippen molar-refractivity contribution in [3.8, 4) is 0 Å². The topological polar surface area (TPSA) is 79.3 Å². The van der Waals surface area contributed by atoms with Gasteiger partial charge in [-0.3, -0.25) is 14.6 Å². The van der Waals surface area contributed by atoms with Crippen LogP contribution in [0.3, 0.4) is 0 Å². The molecule has 3 rings (SSSR count). The van der Waals surface area contributed by atoms with Gasteiger partial charge in [-0.15, -0.1) is 0 Å². The van der Waals surface area contributed by atoms with Gasteiger partial charge in [0.2, 0.25) is 0 Å². The summed E-state index contributed by atoms with van der Waals surface area (Å²) in [7, 11) is 0. The molecule has 0 saturated heterocycles. The third kappa shape index (κ3) is 2.90. The minimum atomic E-state index is -0.799. The molecule has 1 aliphatic carbocycles. The van der Waals surface area contributed by atoms with Gasteiger partial charge in [-0.05, 0) is 37.5 Å². The zero-order chi connectivity index (χ0) is 15.7. The normalized spacial score (nSPS) is 21.0. The quantitative estimate of drug-likeness (QED) is 0.912. The Balaban J connectivity index is 1.83. The third-order valence-electron chi connectivity index (χ3n) is 4.03. The van der Waals surface area contributed by atoms with E-state index >= 15 is 0 Å². The molecule has 2 N–H and O–H groups in total. The maximum Gasteiger partial charge on any atom is 0.306 e. The van der Waals surface area contributed by atoms with Crippen molar-refractivity contribution in [1.29, 1.82) is 0 Å². The SMILES string of the molecule is O=C(N[C@@H]1CC[C@H](C(=O)O)C1)c1cc(Cl)cc2cccnc12. The van der Waals surface area contributed by atoms with Gasteiger partial charge < -0.3 is 10.4 Å². The molecule has 1 fully saturated rings. The number of aromatic nitrogens is 1. The molecule has 6 heteroatoms. The first-order valence-corrected chi connectivity index (χ1v) is 7.50. The van der Waals surface area contributed by atoms with Crippen molar-refractivity contribution in [2.75, 3.05) is 0 Å². The molecule has 1 heterocycles. The van der Waals surface area contributed by atoms with Gasteiger partial charge in [-0.2, -0.15) is 0 Å². The van der Waals surface area contributed by atoms with Gasteiger partial charge in [0.1, 0.15) is 0 Å². The molecule has 0 unspecified atom stereocenters. The number of rotatable bonds is 3. The minimum Gasteiger partial charge on any atom is -0.481 e. The lowest BCUT2D eigenvalue weighted by Gasteiger charge is -2.13. The van der Waals surface area contributed by atoms with Crippen LogP contribution in [0.1, 0.15) is 29.6 Å². The molecule has 2 atom stereocenters. The van der Waals surface area contributed by atoms with E-state index in [-0.39, 0.29) is 17.9 Å². The first-order valence-electron chi connectivity index (χ1n) is 7.12. The first kappa shape index (κ1) is 14.8. The van der Waals surface area contributed by atoms with Crippen LogP contribution >= 0.6 is 11.6 Å². The van der Waals surface area contributed by atoms with E-state index in [1.807, 2.05) is 6.07 Å². The predicted octanol–water partition coefficient (Wildman–Crippen LogP) is 2.87. The Morgan fingerprint density at radius 2 is 2.14 bits per heavy atom. The molecule has 0 bridgehead atoms. The number of benzene rings is 1. The summed E-state index contributed by atoms with van der Waals surface area (Å²) in [5, 5.41) is 13.2. The number of carbonyl (C=O) groups is 2. The fourth-order valence-electron chi connectivity index (χ4n) is 2.93. The maximum absolute atomic E-state index is 12.5. The van der Waals surface area contributed by atoms with E-state index in [1.165, 1.54) is 0 Å². The van der Waals surface area contributed by atoms with Crippen LogP contribution in [-0.2, 0) is 4.79 Å². The molecule has 0 spiro atoms. The Labute approximate surface area is 132 Å². The Kier molecular flexibility index (Phi) is 3.98. The Morgan fingerprint density at radius 1 is 1.32 bits per heavy atom. The monoisotopic (exact) mass is 318 g/mol. The predicted molar refractivity (Wildman–Crippen MR) is 83.0 cm³/mol. The van der Waals surface area contributed by atoms with Gasteiger partial charge in [0, 0.05) is 22.6 Å². The lowest BCUT2D eigenvalue weighted by molar-refractivity contribution is -0.141.